The molecule has 0 amide bonds. The van der Waals surface area contributed by atoms with E-state index in [4.69, 9.17) is 21.4 Å². The van der Waals surface area contributed by atoms with Gasteiger partial charge < -0.3 is 14.9 Å². The van der Waals surface area contributed by atoms with E-state index in [9.17, 15) is 9.90 Å². The lowest BCUT2D eigenvalue weighted by Crippen LogP contribution is -2.05. The molecular weight excluding hydrogens is 220 g/mol. The topological polar surface area (TPSA) is 66.8 Å². The molecule has 0 spiro atoms. The molecule has 0 aliphatic carbocycles. The first-order valence-electron chi connectivity index (χ1n) is 4.28. The number of methoxy groups -OCH3 is 1. The van der Waals surface area contributed by atoms with Crippen LogP contribution in [0.5, 0.6) is 5.75 Å². The summed E-state index contributed by atoms with van der Waals surface area (Å²) in [6.07, 6.45) is -1.39. The van der Waals surface area contributed by atoms with Crippen LogP contribution in [-0.2, 0) is 4.79 Å². The smallest absolute Gasteiger partial charge is 0.306 e. The van der Waals surface area contributed by atoms with Gasteiger partial charge in [-0.15, -0.1) is 0 Å². The normalized spacial score (nSPS) is 12.2. The highest BCUT2D eigenvalue weighted by Gasteiger charge is 2.13. The second kappa shape index (κ2) is 5.00. The van der Waals surface area contributed by atoms with Crippen LogP contribution in [0.1, 0.15) is 18.1 Å². The standard InChI is InChI=1S/C10H11ClO4/c1-15-9-3-2-6(4-7(9)11)8(12)5-10(13)14/h2-4,8,12H,5H2,1H3,(H,13,14). The maximum Gasteiger partial charge on any atom is 0.306 e. The molecule has 2 N–H and O–H groups in total. The van der Waals surface area contributed by atoms with Gasteiger partial charge >= 0.3 is 5.97 Å². The Bertz CT molecular complexity index is 364. The summed E-state index contributed by atoms with van der Waals surface area (Å²) in [7, 11) is 1.48. The molecule has 0 aromatic heterocycles. The monoisotopic (exact) mass is 230 g/mol. The summed E-state index contributed by atoms with van der Waals surface area (Å²) in [5.41, 5.74) is 0.461. The van der Waals surface area contributed by atoms with Gasteiger partial charge in [0.05, 0.1) is 24.7 Å². The van der Waals surface area contributed by atoms with E-state index in [1.54, 1.807) is 12.1 Å². The molecule has 0 aliphatic rings. The molecule has 0 radical (unpaired) electrons. The van der Waals surface area contributed by atoms with Gasteiger partial charge in [-0.05, 0) is 17.7 Å². The first kappa shape index (κ1) is 11.8. The second-order valence-electron chi connectivity index (χ2n) is 3.01. The third-order valence-corrected chi connectivity index (χ3v) is 2.22. The van der Waals surface area contributed by atoms with Crippen LogP contribution in [0.4, 0.5) is 0 Å². The molecule has 5 heteroatoms. The van der Waals surface area contributed by atoms with Crippen molar-refractivity contribution in [3.05, 3.63) is 28.8 Å². The van der Waals surface area contributed by atoms with Crippen LogP contribution in [0.2, 0.25) is 5.02 Å². The fraction of sp³-hybridized carbons (Fsp3) is 0.300. The maximum absolute atomic E-state index is 10.4. The van der Waals surface area contributed by atoms with Gasteiger partial charge in [-0.2, -0.15) is 0 Å². The number of rotatable bonds is 4. The average Bonchev–Trinajstić information content (AvgIpc) is 2.16. The minimum absolute atomic E-state index is 0.345. The molecular formula is C10H11ClO4. The maximum atomic E-state index is 10.4. The van der Waals surface area contributed by atoms with Crippen molar-refractivity contribution in [2.75, 3.05) is 7.11 Å². The molecule has 15 heavy (non-hydrogen) atoms. The van der Waals surface area contributed by atoms with E-state index in [1.165, 1.54) is 13.2 Å². The SMILES string of the molecule is COc1ccc(C(O)CC(=O)O)cc1Cl. The zero-order chi connectivity index (χ0) is 11.4. The molecule has 0 heterocycles. The molecule has 0 saturated carbocycles. The van der Waals surface area contributed by atoms with Crippen LogP contribution in [0.25, 0.3) is 0 Å². The van der Waals surface area contributed by atoms with Crippen molar-refractivity contribution >= 4 is 17.6 Å². The van der Waals surface area contributed by atoms with E-state index in [-0.39, 0.29) is 6.42 Å². The van der Waals surface area contributed by atoms with Gasteiger partial charge in [0, 0.05) is 0 Å². The van der Waals surface area contributed by atoms with Crippen molar-refractivity contribution in [2.45, 2.75) is 12.5 Å². The number of carboxylic acids is 1. The predicted octanol–water partition coefficient (Wildman–Crippen LogP) is 1.86. The zero-order valence-electron chi connectivity index (χ0n) is 8.11. The Labute approximate surface area is 92.1 Å². The van der Waals surface area contributed by atoms with Crippen molar-refractivity contribution < 1.29 is 19.7 Å². The number of aliphatic hydroxyl groups is 1. The lowest BCUT2D eigenvalue weighted by molar-refractivity contribution is -0.139. The van der Waals surface area contributed by atoms with E-state index < -0.39 is 12.1 Å². The van der Waals surface area contributed by atoms with Gasteiger partial charge in [-0.3, -0.25) is 4.79 Å². The molecule has 0 saturated heterocycles. The van der Waals surface area contributed by atoms with Gasteiger partial charge in [0.25, 0.3) is 0 Å². The second-order valence-corrected chi connectivity index (χ2v) is 3.41. The molecule has 1 atom stereocenters. The molecule has 0 aliphatic heterocycles. The van der Waals surface area contributed by atoms with Crippen LogP contribution >= 0.6 is 11.6 Å². The van der Waals surface area contributed by atoms with Gasteiger partial charge in [-0.25, -0.2) is 0 Å². The number of hydrogen-bond acceptors (Lipinski definition) is 3. The lowest BCUT2D eigenvalue weighted by atomic mass is 10.1. The molecule has 1 aromatic rings. The van der Waals surface area contributed by atoms with Crippen molar-refractivity contribution in [3.63, 3.8) is 0 Å². The van der Waals surface area contributed by atoms with Crippen molar-refractivity contribution in [1.29, 1.82) is 0 Å². The number of ether oxygens (including phenoxy) is 1. The third kappa shape index (κ3) is 3.11. The molecule has 4 nitrogen and oxygen atoms in total. The molecule has 82 valence electrons. The summed E-state index contributed by atoms with van der Waals surface area (Å²) >= 11 is 5.83. The molecule has 0 bridgehead atoms. The van der Waals surface area contributed by atoms with Crippen LogP contribution in [0.15, 0.2) is 18.2 Å². The molecule has 0 fully saturated rings. The Morgan fingerprint density at radius 1 is 1.60 bits per heavy atom. The van der Waals surface area contributed by atoms with Crippen molar-refractivity contribution in [1.82, 2.24) is 0 Å². The summed E-state index contributed by atoms with van der Waals surface area (Å²) in [5, 5.41) is 18.3. The Morgan fingerprint density at radius 3 is 2.73 bits per heavy atom. The Balaban J connectivity index is 2.87. The number of carboxylic acid groups (broad SMARTS) is 1. The van der Waals surface area contributed by atoms with E-state index >= 15 is 0 Å². The number of benzene rings is 1. The lowest BCUT2D eigenvalue weighted by Gasteiger charge is -2.10. The van der Waals surface area contributed by atoms with Crippen molar-refractivity contribution in [2.24, 2.45) is 0 Å². The van der Waals surface area contributed by atoms with Crippen LogP contribution in [0.3, 0.4) is 0 Å². The number of aliphatic hydroxyl groups excluding tert-OH is 1. The van der Waals surface area contributed by atoms with E-state index in [0.717, 1.165) is 0 Å². The summed E-state index contributed by atoms with van der Waals surface area (Å²) in [6, 6.07) is 4.66. The fourth-order valence-electron chi connectivity index (χ4n) is 1.17. The Kier molecular flexibility index (Phi) is 3.94. The van der Waals surface area contributed by atoms with Gasteiger partial charge in [0.2, 0.25) is 0 Å². The fourth-order valence-corrected chi connectivity index (χ4v) is 1.44. The zero-order valence-corrected chi connectivity index (χ0v) is 8.86. The number of aliphatic carboxylic acids is 1. The highest BCUT2D eigenvalue weighted by Crippen LogP contribution is 2.28. The van der Waals surface area contributed by atoms with Crippen LogP contribution in [0, 0.1) is 0 Å². The largest absolute Gasteiger partial charge is 0.495 e. The average molecular weight is 231 g/mol. The molecule has 1 aromatic carbocycles. The first-order valence-corrected chi connectivity index (χ1v) is 4.65. The molecule has 1 rings (SSSR count). The summed E-state index contributed by atoms with van der Waals surface area (Å²) in [6.45, 7) is 0. The van der Waals surface area contributed by atoms with E-state index in [2.05, 4.69) is 0 Å². The minimum Gasteiger partial charge on any atom is -0.495 e. The Hall–Kier alpha value is -1.26. The summed E-state index contributed by atoms with van der Waals surface area (Å²) in [4.78, 5) is 10.4. The van der Waals surface area contributed by atoms with E-state index in [0.29, 0.717) is 16.3 Å². The highest BCUT2D eigenvalue weighted by atomic mass is 35.5. The Morgan fingerprint density at radius 2 is 2.27 bits per heavy atom. The van der Waals surface area contributed by atoms with Crippen LogP contribution < -0.4 is 4.74 Å². The number of halogens is 1. The number of hydrogen-bond donors (Lipinski definition) is 2. The third-order valence-electron chi connectivity index (χ3n) is 1.93. The quantitative estimate of drug-likeness (QED) is 0.829. The summed E-state index contributed by atoms with van der Waals surface area (Å²) < 4.78 is 4.93. The first-order chi connectivity index (χ1) is 7.04. The van der Waals surface area contributed by atoms with Gasteiger partial charge in [0.1, 0.15) is 5.75 Å². The van der Waals surface area contributed by atoms with Crippen LogP contribution in [-0.4, -0.2) is 23.3 Å². The van der Waals surface area contributed by atoms with E-state index in [1.807, 2.05) is 0 Å². The summed E-state index contributed by atoms with van der Waals surface area (Å²) in [5.74, 6) is -0.572. The predicted molar refractivity (Wildman–Crippen MR) is 55.2 cm³/mol. The van der Waals surface area contributed by atoms with Gasteiger partial charge in [-0.1, -0.05) is 17.7 Å². The molecule has 1 unspecified atom stereocenters. The van der Waals surface area contributed by atoms with Crippen molar-refractivity contribution in [3.8, 4) is 5.75 Å². The van der Waals surface area contributed by atoms with Gasteiger partial charge in [0.15, 0.2) is 0 Å². The number of carbonyl (C=O) groups is 1. The minimum atomic E-state index is -1.06. The highest BCUT2D eigenvalue weighted by molar-refractivity contribution is 6.32.